The van der Waals surface area contributed by atoms with E-state index in [1.807, 2.05) is 0 Å². The van der Waals surface area contributed by atoms with Gasteiger partial charge < -0.3 is 9.30 Å². The van der Waals surface area contributed by atoms with Crippen LogP contribution in [-0.4, -0.2) is 19.5 Å². The summed E-state index contributed by atoms with van der Waals surface area (Å²) in [6.45, 7) is 0. The van der Waals surface area contributed by atoms with Gasteiger partial charge in [-0.15, -0.1) is 0 Å². The second kappa shape index (κ2) is 14.7. The van der Waals surface area contributed by atoms with Crippen molar-refractivity contribution in [3.05, 3.63) is 229 Å². The maximum Gasteiger partial charge on any atom is 0.164 e. The van der Waals surface area contributed by atoms with Crippen LogP contribution in [0.5, 0.6) is 5.75 Å². The predicted octanol–water partition coefficient (Wildman–Crippen LogP) is 14.6. The van der Waals surface area contributed by atoms with E-state index >= 15 is 0 Å². The van der Waals surface area contributed by atoms with Crippen LogP contribution in [0.25, 0.3) is 88.9 Å². The van der Waals surface area contributed by atoms with Gasteiger partial charge >= 0.3 is 0 Å². The van der Waals surface area contributed by atoms with Crippen molar-refractivity contribution in [1.29, 1.82) is 0 Å². The number of benzene rings is 7. The summed E-state index contributed by atoms with van der Waals surface area (Å²) < 4.78 is 9.54. The molecule has 5 heteroatoms. The summed E-state index contributed by atoms with van der Waals surface area (Å²) in [5, 5.41) is 4.72. The molecule has 0 spiro atoms. The Labute approximate surface area is 371 Å². The first-order valence-corrected chi connectivity index (χ1v) is 22.1. The topological polar surface area (TPSA) is 52.8 Å². The molecule has 2 unspecified atom stereocenters. The molecule has 5 nitrogen and oxygen atoms in total. The van der Waals surface area contributed by atoms with Crippen molar-refractivity contribution in [2.24, 2.45) is 5.92 Å². The highest BCUT2D eigenvalue weighted by molar-refractivity contribution is 6.12. The fraction of sp³-hybridized carbons (Fsp3) is 0.0678. The molecule has 0 fully saturated rings. The molecule has 0 N–H and O–H groups in total. The van der Waals surface area contributed by atoms with Crippen LogP contribution in [0.3, 0.4) is 0 Å². The summed E-state index contributed by atoms with van der Waals surface area (Å²) in [6.07, 6.45) is 19.5. The van der Waals surface area contributed by atoms with E-state index in [0.29, 0.717) is 23.4 Å². The fourth-order valence-electron chi connectivity index (χ4n) is 10.1. The molecule has 3 aliphatic carbocycles. The van der Waals surface area contributed by atoms with Crippen LogP contribution in [0, 0.1) is 5.92 Å². The number of allylic oxidation sites excluding steroid dienone is 12. The third-order valence-corrected chi connectivity index (χ3v) is 13.3. The molecule has 1 aliphatic heterocycles. The Bertz CT molecular complexity index is 3490. The molecule has 3 heterocycles. The van der Waals surface area contributed by atoms with Gasteiger partial charge in [-0.3, -0.25) is 0 Å². The lowest BCUT2D eigenvalue weighted by molar-refractivity contribution is 0.426. The molecule has 13 rings (SSSR count). The minimum absolute atomic E-state index is 0.0476. The molecule has 0 saturated heterocycles. The molecule has 2 aromatic heterocycles. The number of rotatable bonds is 6. The van der Waals surface area contributed by atoms with Crippen molar-refractivity contribution in [1.82, 2.24) is 19.5 Å². The molecular formula is C59H40N4O. The Hall–Kier alpha value is -8.15. The predicted molar refractivity (Wildman–Crippen MR) is 261 cm³/mol. The smallest absolute Gasteiger partial charge is 0.164 e. The minimum atomic E-state index is -0.0476. The van der Waals surface area contributed by atoms with Crippen molar-refractivity contribution >= 4 is 43.8 Å². The van der Waals surface area contributed by atoms with Crippen LogP contribution < -0.4 is 4.74 Å². The number of aromatic nitrogens is 4. The van der Waals surface area contributed by atoms with Gasteiger partial charge in [-0.2, -0.15) is 0 Å². The molecule has 0 radical (unpaired) electrons. The van der Waals surface area contributed by atoms with Crippen molar-refractivity contribution in [2.75, 3.05) is 0 Å². The van der Waals surface area contributed by atoms with Crippen LogP contribution in [0.4, 0.5) is 0 Å². The molecule has 9 aromatic rings. The Morgan fingerprint density at radius 1 is 0.531 bits per heavy atom. The summed E-state index contributed by atoms with van der Waals surface area (Å²) in [6, 6.07) is 56.2. The third-order valence-electron chi connectivity index (χ3n) is 13.3. The van der Waals surface area contributed by atoms with Crippen molar-refractivity contribution < 1.29 is 4.74 Å². The monoisotopic (exact) mass is 820 g/mol. The summed E-state index contributed by atoms with van der Waals surface area (Å²) in [5.41, 5.74) is 13.3. The lowest BCUT2D eigenvalue weighted by Crippen LogP contribution is -2.11. The Morgan fingerprint density at radius 2 is 1.22 bits per heavy atom. The first-order chi connectivity index (χ1) is 31.7. The molecule has 7 aromatic carbocycles. The van der Waals surface area contributed by atoms with Gasteiger partial charge in [-0.05, 0) is 87.9 Å². The lowest BCUT2D eigenvalue weighted by Gasteiger charge is -2.21. The SMILES string of the molecule is C1=CC2=CC(c3nc(-c4ccc5ccccc5c4)nc(-c4cccc5c4C4CC=CC(n6c7cc(-c8ccccc8)ccc7c7ccc(-c8ccccc8)cc76)=C4O5)n3)=CCC2C=C1. The largest absolute Gasteiger partial charge is 0.459 e. The molecule has 0 amide bonds. The first kappa shape index (κ1) is 36.5. The number of fused-ring (bicyclic) bond motifs is 8. The van der Waals surface area contributed by atoms with E-state index < -0.39 is 0 Å². The quantitative estimate of drug-likeness (QED) is 0.168. The van der Waals surface area contributed by atoms with Gasteiger partial charge in [0.15, 0.2) is 17.5 Å². The number of hydrogen-bond donors (Lipinski definition) is 0. The van der Waals surface area contributed by atoms with Crippen molar-refractivity contribution in [3.63, 3.8) is 0 Å². The highest BCUT2D eigenvalue weighted by Gasteiger charge is 2.37. The van der Waals surface area contributed by atoms with Crippen LogP contribution >= 0.6 is 0 Å². The van der Waals surface area contributed by atoms with Crippen molar-refractivity contribution in [3.8, 4) is 50.8 Å². The lowest BCUT2D eigenvalue weighted by atomic mass is 9.85. The summed E-state index contributed by atoms with van der Waals surface area (Å²) in [7, 11) is 0. The molecule has 64 heavy (non-hydrogen) atoms. The zero-order valence-corrected chi connectivity index (χ0v) is 34.9. The number of nitrogens with zero attached hydrogens (tertiary/aromatic N) is 4. The second-order valence-corrected chi connectivity index (χ2v) is 17.0. The molecular weight excluding hydrogens is 781 g/mol. The highest BCUT2D eigenvalue weighted by Crippen LogP contribution is 2.52. The summed E-state index contributed by atoms with van der Waals surface area (Å²) in [5.74, 6) is 4.06. The van der Waals surface area contributed by atoms with Crippen LogP contribution in [0.1, 0.15) is 30.1 Å². The third kappa shape index (κ3) is 6.04. The second-order valence-electron chi connectivity index (χ2n) is 17.0. The van der Waals surface area contributed by atoms with E-state index in [0.717, 1.165) is 68.7 Å². The molecule has 0 saturated carbocycles. The summed E-state index contributed by atoms with van der Waals surface area (Å²) in [4.78, 5) is 15.8. The first-order valence-electron chi connectivity index (χ1n) is 22.1. The molecule has 4 aliphatic rings. The average molecular weight is 821 g/mol. The Kier molecular flexibility index (Phi) is 8.41. The molecule has 0 bridgehead atoms. The van der Waals surface area contributed by atoms with Gasteiger partial charge in [-0.1, -0.05) is 170 Å². The van der Waals surface area contributed by atoms with E-state index in [1.165, 1.54) is 44.0 Å². The van der Waals surface area contributed by atoms with Gasteiger partial charge in [0.2, 0.25) is 0 Å². The van der Waals surface area contributed by atoms with E-state index in [4.69, 9.17) is 19.7 Å². The zero-order chi connectivity index (χ0) is 42.1. The van der Waals surface area contributed by atoms with Gasteiger partial charge in [0.25, 0.3) is 0 Å². The fourth-order valence-corrected chi connectivity index (χ4v) is 10.1. The van der Waals surface area contributed by atoms with Gasteiger partial charge in [-0.25, -0.2) is 15.0 Å². The van der Waals surface area contributed by atoms with Crippen LogP contribution in [0.15, 0.2) is 218 Å². The van der Waals surface area contributed by atoms with E-state index in [2.05, 4.69) is 211 Å². The van der Waals surface area contributed by atoms with Crippen molar-refractivity contribution in [2.45, 2.75) is 18.8 Å². The van der Waals surface area contributed by atoms with Gasteiger partial charge in [0.1, 0.15) is 11.5 Å². The Morgan fingerprint density at radius 3 is 1.98 bits per heavy atom. The van der Waals surface area contributed by atoms with Crippen LogP contribution in [-0.2, 0) is 0 Å². The maximum atomic E-state index is 7.11. The standard InChI is InChI=1S/C59H40N4O/c1-3-13-37(14-4-1)43-29-31-47-48-32-30-44(38-15-5-2-6-16-38)36-53(48)63(52(47)35-43)51-23-11-21-49-55-50(22-12-24-54(55)64-56(49)51)59-61-57(45-27-25-39-17-7-9-19-41(39)33-45)60-58(62-59)46-28-26-40-18-8-10-20-42(40)34-46/h1-20,22-25,27-36,40,49H,21,26H2. The van der Waals surface area contributed by atoms with Gasteiger partial charge in [0.05, 0.1) is 22.6 Å². The minimum Gasteiger partial charge on any atom is -0.459 e. The number of hydrogen-bond acceptors (Lipinski definition) is 4. The summed E-state index contributed by atoms with van der Waals surface area (Å²) >= 11 is 0. The van der Waals surface area contributed by atoms with E-state index in [-0.39, 0.29) is 5.92 Å². The zero-order valence-electron chi connectivity index (χ0n) is 34.9. The molecule has 302 valence electrons. The molecule has 2 atom stereocenters. The van der Waals surface area contributed by atoms with Gasteiger partial charge in [0, 0.05) is 39.0 Å². The normalized spacial score (nSPS) is 17.3. The van der Waals surface area contributed by atoms with E-state index in [9.17, 15) is 0 Å². The van der Waals surface area contributed by atoms with E-state index in [1.54, 1.807) is 0 Å². The maximum absolute atomic E-state index is 7.11. The average Bonchev–Trinajstić information content (AvgIpc) is 3.92. The number of ether oxygens (including phenoxy) is 1. The van der Waals surface area contributed by atoms with Crippen LogP contribution in [0.2, 0.25) is 0 Å². The Balaban J connectivity index is 0.992. The highest BCUT2D eigenvalue weighted by atomic mass is 16.5.